The molecule has 0 aliphatic carbocycles. The second-order valence-corrected chi connectivity index (χ2v) is 7.57. The summed E-state index contributed by atoms with van der Waals surface area (Å²) in [5.41, 5.74) is 2.27. The van der Waals surface area contributed by atoms with Crippen LogP contribution in [0.5, 0.6) is 5.75 Å². The van der Waals surface area contributed by atoms with Gasteiger partial charge in [0, 0.05) is 18.7 Å². The maximum atomic E-state index is 12.8. The maximum Gasteiger partial charge on any atom is 0.471 e. The Morgan fingerprint density at radius 1 is 1.09 bits per heavy atom. The van der Waals surface area contributed by atoms with Crippen LogP contribution < -0.4 is 20.3 Å². The van der Waals surface area contributed by atoms with Crippen LogP contribution in [0.25, 0.3) is 0 Å². The Hall–Kier alpha value is -3.56. The summed E-state index contributed by atoms with van der Waals surface area (Å²) in [7, 11) is 1.46. The molecule has 2 aromatic rings. The molecular weight excluding hydrogens is 439 g/mol. The second-order valence-electron chi connectivity index (χ2n) is 7.57. The van der Waals surface area contributed by atoms with Gasteiger partial charge in [-0.25, -0.2) is 0 Å². The molecule has 33 heavy (non-hydrogen) atoms. The fraction of sp³-hybridized carbons (Fsp3) is 0.348. The molecule has 0 fully saturated rings. The Morgan fingerprint density at radius 3 is 2.45 bits per heavy atom. The van der Waals surface area contributed by atoms with Crippen molar-refractivity contribution < 1.29 is 32.3 Å². The molecule has 3 amide bonds. The number of ether oxygens (including phenoxy) is 1. The average molecular weight is 463 g/mol. The van der Waals surface area contributed by atoms with Gasteiger partial charge in [0.1, 0.15) is 11.8 Å². The van der Waals surface area contributed by atoms with Crippen molar-refractivity contribution in [1.29, 1.82) is 0 Å². The Bertz CT molecular complexity index is 1010. The molecule has 3 rings (SSSR count). The van der Waals surface area contributed by atoms with Crippen molar-refractivity contribution in [1.82, 2.24) is 10.6 Å². The summed E-state index contributed by atoms with van der Waals surface area (Å²) in [6.45, 7) is 0.0694. The molecule has 0 bridgehead atoms. The van der Waals surface area contributed by atoms with Gasteiger partial charge in [0.05, 0.1) is 13.7 Å². The first kappa shape index (κ1) is 24.1. The number of fused-ring (bicyclic) bond motifs is 1. The van der Waals surface area contributed by atoms with E-state index in [4.69, 9.17) is 4.74 Å². The van der Waals surface area contributed by atoms with E-state index in [0.29, 0.717) is 17.9 Å². The first-order valence-electron chi connectivity index (χ1n) is 10.4. The van der Waals surface area contributed by atoms with E-state index in [2.05, 4.69) is 5.32 Å². The largest absolute Gasteiger partial charge is 0.497 e. The van der Waals surface area contributed by atoms with Gasteiger partial charge < -0.3 is 20.3 Å². The SMILES string of the molecule is COc1ccc(C[C@H](NC(=O)C(F)(F)F)C(=O)NCC(=O)N2CCCc3ccccc32)cc1. The van der Waals surface area contributed by atoms with E-state index in [0.717, 1.165) is 24.1 Å². The number of halogens is 3. The first-order chi connectivity index (χ1) is 15.7. The van der Waals surface area contributed by atoms with Gasteiger partial charge in [-0.1, -0.05) is 30.3 Å². The lowest BCUT2D eigenvalue weighted by atomic mass is 10.0. The van der Waals surface area contributed by atoms with Crippen molar-refractivity contribution in [3.8, 4) is 5.75 Å². The van der Waals surface area contributed by atoms with Gasteiger partial charge in [0.2, 0.25) is 11.8 Å². The molecular formula is C23H24F3N3O4. The Balaban J connectivity index is 1.68. The summed E-state index contributed by atoms with van der Waals surface area (Å²) in [4.78, 5) is 38.4. The van der Waals surface area contributed by atoms with E-state index >= 15 is 0 Å². The molecule has 0 saturated carbocycles. The smallest absolute Gasteiger partial charge is 0.471 e. The molecule has 0 radical (unpaired) electrons. The lowest BCUT2D eigenvalue weighted by Crippen LogP contribution is -2.53. The van der Waals surface area contributed by atoms with Gasteiger partial charge in [0.25, 0.3) is 0 Å². The zero-order valence-electron chi connectivity index (χ0n) is 17.9. The van der Waals surface area contributed by atoms with Crippen LogP contribution in [0.3, 0.4) is 0 Å². The molecule has 2 aromatic carbocycles. The van der Waals surface area contributed by atoms with Gasteiger partial charge in [-0.3, -0.25) is 14.4 Å². The van der Waals surface area contributed by atoms with Crippen molar-refractivity contribution in [3.05, 3.63) is 59.7 Å². The summed E-state index contributed by atoms with van der Waals surface area (Å²) in [6.07, 6.45) is -3.75. The zero-order valence-corrected chi connectivity index (χ0v) is 17.9. The van der Waals surface area contributed by atoms with Crippen molar-refractivity contribution >= 4 is 23.4 Å². The zero-order chi connectivity index (χ0) is 24.0. The molecule has 2 N–H and O–H groups in total. The van der Waals surface area contributed by atoms with E-state index in [1.165, 1.54) is 7.11 Å². The number of nitrogens with zero attached hydrogens (tertiary/aromatic N) is 1. The van der Waals surface area contributed by atoms with Gasteiger partial charge in [-0.2, -0.15) is 13.2 Å². The normalized spacial score (nSPS) is 14.1. The van der Waals surface area contributed by atoms with E-state index in [1.54, 1.807) is 40.5 Å². The number of para-hydroxylation sites is 1. The Morgan fingerprint density at radius 2 is 1.79 bits per heavy atom. The number of hydrogen-bond donors (Lipinski definition) is 2. The topological polar surface area (TPSA) is 87.7 Å². The van der Waals surface area contributed by atoms with Crippen LogP contribution in [0.15, 0.2) is 48.5 Å². The highest BCUT2D eigenvalue weighted by Gasteiger charge is 2.41. The standard InChI is InChI=1S/C23H24F3N3O4/c1-33-17-10-8-15(9-11-17)13-18(28-22(32)23(24,25)26)21(31)27-14-20(30)29-12-4-6-16-5-2-3-7-19(16)29/h2-3,5,7-11,18H,4,6,12-14H2,1H3,(H,27,31)(H,28,32)/t18-/m0/s1. The highest BCUT2D eigenvalue weighted by molar-refractivity contribution is 5.98. The second kappa shape index (κ2) is 10.4. The highest BCUT2D eigenvalue weighted by Crippen LogP contribution is 2.26. The number of alkyl halides is 3. The van der Waals surface area contributed by atoms with E-state index < -0.39 is 30.6 Å². The van der Waals surface area contributed by atoms with Crippen LogP contribution in [0.2, 0.25) is 0 Å². The summed E-state index contributed by atoms with van der Waals surface area (Å²) in [6, 6.07) is 12.2. The summed E-state index contributed by atoms with van der Waals surface area (Å²) in [5, 5.41) is 4.09. The van der Waals surface area contributed by atoms with E-state index in [9.17, 15) is 27.6 Å². The number of rotatable bonds is 7. The highest BCUT2D eigenvalue weighted by atomic mass is 19.4. The van der Waals surface area contributed by atoms with Crippen molar-refractivity contribution in [3.63, 3.8) is 0 Å². The minimum atomic E-state index is -5.15. The number of benzene rings is 2. The lowest BCUT2D eigenvalue weighted by Gasteiger charge is -2.29. The molecule has 7 nitrogen and oxygen atoms in total. The number of hydrogen-bond acceptors (Lipinski definition) is 4. The van der Waals surface area contributed by atoms with Crippen molar-refractivity contribution in [2.45, 2.75) is 31.5 Å². The molecule has 1 aliphatic heterocycles. The number of nitrogens with one attached hydrogen (secondary N) is 2. The number of methoxy groups -OCH3 is 1. The van der Waals surface area contributed by atoms with E-state index in [1.807, 2.05) is 18.2 Å². The average Bonchev–Trinajstić information content (AvgIpc) is 2.81. The van der Waals surface area contributed by atoms with Crippen LogP contribution in [0.4, 0.5) is 18.9 Å². The molecule has 1 atom stereocenters. The van der Waals surface area contributed by atoms with Crippen molar-refractivity contribution in [2.75, 3.05) is 25.1 Å². The Labute approximate surface area is 188 Å². The molecule has 0 aromatic heterocycles. The molecule has 0 saturated heterocycles. The summed E-state index contributed by atoms with van der Waals surface area (Å²) < 4.78 is 43.4. The third-order valence-electron chi connectivity index (χ3n) is 5.30. The fourth-order valence-corrected chi connectivity index (χ4v) is 3.62. The van der Waals surface area contributed by atoms with Crippen LogP contribution in [-0.4, -0.2) is 50.1 Å². The van der Waals surface area contributed by atoms with Gasteiger partial charge in [-0.15, -0.1) is 0 Å². The third kappa shape index (κ3) is 6.24. The van der Waals surface area contributed by atoms with Crippen LogP contribution in [-0.2, 0) is 27.2 Å². The molecule has 0 unspecified atom stereocenters. The van der Waals surface area contributed by atoms with E-state index in [-0.39, 0.29) is 12.3 Å². The number of amides is 3. The first-order valence-corrected chi connectivity index (χ1v) is 10.4. The number of carbonyl (C=O) groups is 3. The van der Waals surface area contributed by atoms with Crippen LogP contribution in [0.1, 0.15) is 17.5 Å². The lowest BCUT2D eigenvalue weighted by molar-refractivity contribution is -0.174. The predicted octanol–water partition coefficient (Wildman–Crippen LogP) is 2.38. The van der Waals surface area contributed by atoms with Crippen molar-refractivity contribution in [2.24, 2.45) is 0 Å². The predicted molar refractivity (Wildman–Crippen MR) is 115 cm³/mol. The fourth-order valence-electron chi connectivity index (χ4n) is 3.62. The van der Waals surface area contributed by atoms with Crippen LogP contribution in [0, 0.1) is 0 Å². The summed E-state index contributed by atoms with van der Waals surface area (Å²) in [5.74, 6) is -2.97. The quantitative estimate of drug-likeness (QED) is 0.660. The van der Waals surface area contributed by atoms with Gasteiger partial charge in [-0.05, 0) is 42.2 Å². The molecule has 1 aliphatic rings. The summed E-state index contributed by atoms with van der Waals surface area (Å²) >= 11 is 0. The monoisotopic (exact) mass is 463 g/mol. The number of aryl methyl sites for hydroxylation is 1. The number of carbonyl (C=O) groups excluding carboxylic acids is 3. The molecule has 176 valence electrons. The maximum absolute atomic E-state index is 12.8. The minimum Gasteiger partial charge on any atom is -0.497 e. The molecule has 10 heteroatoms. The van der Waals surface area contributed by atoms with Crippen LogP contribution >= 0.6 is 0 Å². The molecule has 0 spiro atoms. The third-order valence-corrected chi connectivity index (χ3v) is 5.30. The van der Waals surface area contributed by atoms with Gasteiger partial charge >= 0.3 is 12.1 Å². The number of anilines is 1. The van der Waals surface area contributed by atoms with Gasteiger partial charge in [0.15, 0.2) is 0 Å². The molecule has 1 heterocycles. The Kier molecular flexibility index (Phi) is 7.57. The minimum absolute atomic E-state index is 0.196.